The van der Waals surface area contributed by atoms with Crippen LogP contribution in [0, 0.1) is 5.92 Å². The highest BCUT2D eigenvalue weighted by molar-refractivity contribution is 5.70. The molecule has 1 saturated heterocycles. The maximum absolute atomic E-state index is 11.4. The third kappa shape index (κ3) is 4.33. The molecule has 0 aromatic heterocycles. The second kappa shape index (κ2) is 6.68. The minimum Gasteiger partial charge on any atom is -0.481 e. The molecule has 104 valence electrons. The second-order valence-electron chi connectivity index (χ2n) is 5.33. The lowest BCUT2D eigenvalue weighted by Gasteiger charge is -2.33. The number of carboxylic acid groups (broad SMARTS) is 1. The van der Waals surface area contributed by atoms with E-state index in [9.17, 15) is 9.90 Å². The first kappa shape index (κ1) is 14.0. The van der Waals surface area contributed by atoms with Gasteiger partial charge in [0.2, 0.25) is 0 Å². The van der Waals surface area contributed by atoms with Gasteiger partial charge in [-0.1, -0.05) is 30.3 Å². The molecular weight excluding hydrogens is 240 g/mol. The van der Waals surface area contributed by atoms with E-state index in [1.165, 1.54) is 0 Å². The number of nitrogens with zero attached hydrogens (tertiary/aromatic N) is 2. The van der Waals surface area contributed by atoms with Crippen molar-refractivity contribution >= 4 is 5.97 Å². The van der Waals surface area contributed by atoms with Crippen LogP contribution in [-0.2, 0) is 11.2 Å². The molecule has 0 saturated carbocycles. The molecule has 4 heteroatoms. The Morgan fingerprint density at radius 3 is 2.42 bits per heavy atom. The van der Waals surface area contributed by atoms with Crippen LogP contribution in [0.2, 0.25) is 0 Å². The zero-order chi connectivity index (χ0) is 13.7. The van der Waals surface area contributed by atoms with E-state index in [-0.39, 0.29) is 5.92 Å². The summed E-state index contributed by atoms with van der Waals surface area (Å²) in [4.78, 5) is 16.0. The van der Waals surface area contributed by atoms with E-state index in [2.05, 4.69) is 16.8 Å². The van der Waals surface area contributed by atoms with Gasteiger partial charge >= 0.3 is 5.97 Å². The smallest absolute Gasteiger partial charge is 0.308 e. The van der Waals surface area contributed by atoms with Crippen LogP contribution in [0.1, 0.15) is 5.56 Å². The third-order valence-electron chi connectivity index (χ3n) is 3.75. The van der Waals surface area contributed by atoms with Crippen LogP contribution in [0.25, 0.3) is 0 Å². The Morgan fingerprint density at radius 1 is 1.21 bits per heavy atom. The van der Waals surface area contributed by atoms with Crippen molar-refractivity contribution in [3.63, 3.8) is 0 Å². The van der Waals surface area contributed by atoms with E-state index in [4.69, 9.17) is 0 Å². The van der Waals surface area contributed by atoms with Gasteiger partial charge in [-0.3, -0.25) is 9.69 Å². The summed E-state index contributed by atoms with van der Waals surface area (Å²) in [6, 6.07) is 9.88. The highest BCUT2D eigenvalue weighted by atomic mass is 16.4. The van der Waals surface area contributed by atoms with E-state index in [1.54, 1.807) is 0 Å². The highest BCUT2D eigenvalue weighted by Gasteiger charge is 2.23. The van der Waals surface area contributed by atoms with E-state index in [0.29, 0.717) is 13.0 Å². The molecule has 19 heavy (non-hydrogen) atoms. The monoisotopic (exact) mass is 262 g/mol. The minimum absolute atomic E-state index is 0.314. The largest absolute Gasteiger partial charge is 0.481 e. The van der Waals surface area contributed by atoms with Crippen molar-refractivity contribution < 1.29 is 9.90 Å². The average Bonchev–Trinajstić information content (AvgIpc) is 2.41. The van der Waals surface area contributed by atoms with Crippen LogP contribution in [0.3, 0.4) is 0 Å². The van der Waals surface area contributed by atoms with Gasteiger partial charge in [0.25, 0.3) is 0 Å². The van der Waals surface area contributed by atoms with Gasteiger partial charge in [-0.25, -0.2) is 0 Å². The first-order valence-electron chi connectivity index (χ1n) is 6.83. The predicted octanol–water partition coefficient (Wildman–Crippen LogP) is 1.18. The number of hydrogen-bond donors (Lipinski definition) is 1. The molecule has 0 spiro atoms. The Morgan fingerprint density at radius 2 is 1.84 bits per heavy atom. The van der Waals surface area contributed by atoms with Gasteiger partial charge in [-0.2, -0.15) is 0 Å². The van der Waals surface area contributed by atoms with Crippen molar-refractivity contribution in [1.29, 1.82) is 0 Å². The standard InChI is InChI=1S/C15H22N2O2/c1-16-7-9-17(10-8-16)12-14(15(18)19)11-13-5-3-2-4-6-13/h2-6,14H,7-12H2,1H3,(H,18,19). The average molecular weight is 262 g/mol. The number of likely N-dealkylation sites (N-methyl/N-ethyl adjacent to an activating group) is 1. The number of benzene rings is 1. The number of aliphatic carboxylic acids is 1. The Balaban J connectivity index is 1.91. The summed E-state index contributed by atoms with van der Waals surface area (Å²) in [5.41, 5.74) is 1.10. The molecule has 1 N–H and O–H groups in total. The molecule has 1 aliphatic rings. The van der Waals surface area contributed by atoms with Crippen molar-refractivity contribution in [3.8, 4) is 0 Å². The Labute approximate surface area is 114 Å². The third-order valence-corrected chi connectivity index (χ3v) is 3.75. The Hall–Kier alpha value is -1.39. The fourth-order valence-electron chi connectivity index (χ4n) is 2.47. The molecule has 4 nitrogen and oxygen atoms in total. The predicted molar refractivity (Wildman–Crippen MR) is 75.2 cm³/mol. The lowest BCUT2D eigenvalue weighted by molar-refractivity contribution is -0.142. The van der Waals surface area contributed by atoms with Crippen LogP contribution in [0.4, 0.5) is 0 Å². The van der Waals surface area contributed by atoms with Gasteiger partial charge in [0.1, 0.15) is 0 Å². The number of piperazine rings is 1. The van der Waals surface area contributed by atoms with Crippen LogP contribution in [-0.4, -0.2) is 60.6 Å². The van der Waals surface area contributed by atoms with E-state index < -0.39 is 5.97 Å². The SMILES string of the molecule is CN1CCN(CC(Cc2ccccc2)C(=O)O)CC1. The number of carbonyl (C=O) groups is 1. The lowest BCUT2D eigenvalue weighted by atomic mass is 9.98. The van der Waals surface area contributed by atoms with E-state index >= 15 is 0 Å². The number of carboxylic acids is 1. The van der Waals surface area contributed by atoms with Gasteiger partial charge in [-0.15, -0.1) is 0 Å². The minimum atomic E-state index is -0.692. The second-order valence-corrected chi connectivity index (χ2v) is 5.33. The molecule has 0 bridgehead atoms. The molecular formula is C15H22N2O2. The molecule has 1 aromatic carbocycles. The van der Waals surface area contributed by atoms with Crippen molar-refractivity contribution in [1.82, 2.24) is 9.80 Å². The van der Waals surface area contributed by atoms with Crippen molar-refractivity contribution in [2.24, 2.45) is 5.92 Å². The molecule has 1 unspecified atom stereocenters. The van der Waals surface area contributed by atoms with Crippen LogP contribution in [0.5, 0.6) is 0 Å². The van der Waals surface area contributed by atoms with Crippen molar-refractivity contribution in [2.45, 2.75) is 6.42 Å². The highest BCUT2D eigenvalue weighted by Crippen LogP contribution is 2.12. The fraction of sp³-hybridized carbons (Fsp3) is 0.533. The molecule has 0 aliphatic carbocycles. The Bertz CT molecular complexity index is 400. The molecule has 1 aliphatic heterocycles. The molecule has 0 radical (unpaired) electrons. The molecule has 1 atom stereocenters. The number of hydrogen-bond acceptors (Lipinski definition) is 3. The number of rotatable bonds is 5. The van der Waals surface area contributed by atoms with Gasteiger partial charge in [0.05, 0.1) is 5.92 Å². The van der Waals surface area contributed by atoms with Gasteiger partial charge < -0.3 is 10.0 Å². The maximum atomic E-state index is 11.4. The molecule has 2 rings (SSSR count). The zero-order valence-corrected chi connectivity index (χ0v) is 11.5. The Kier molecular flexibility index (Phi) is 4.93. The summed E-state index contributed by atoms with van der Waals surface area (Å²) in [7, 11) is 2.11. The summed E-state index contributed by atoms with van der Waals surface area (Å²) < 4.78 is 0. The van der Waals surface area contributed by atoms with E-state index in [1.807, 2.05) is 30.3 Å². The molecule has 1 fully saturated rings. The van der Waals surface area contributed by atoms with E-state index in [0.717, 1.165) is 31.7 Å². The van der Waals surface area contributed by atoms with Gasteiger partial charge in [-0.05, 0) is 19.0 Å². The van der Waals surface area contributed by atoms with Crippen LogP contribution >= 0.6 is 0 Å². The first-order chi connectivity index (χ1) is 9.15. The normalized spacial score (nSPS) is 19.2. The summed E-state index contributed by atoms with van der Waals surface area (Å²) in [6.45, 7) is 4.64. The van der Waals surface area contributed by atoms with Gasteiger partial charge in [0, 0.05) is 32.7 Å². The topological polar surface area (TPSA) is 43.8 Å². The van der Waals surface area contributed by atoms with Crippen LogP contribution in [0.15, 0.2) is 30.3 Å². The first-order valence-corrected chi connectivity index (χ1v) is 6.83. The van der Waals surface area contributed by atoms with Crippen molar-refractivity contribution in [3.05, 3.63) is 35.9 Å². The zero-order valence-electron chi connectivity index (χ0n) is 11.5. The maximum Gasteiger partial charge on any atom is 0.308 e. The summed E-state index contributed by atoms with van der Waals surface area (Å²) in [5, 5.41) is 9.38. The summed E-state index contributed by atoms with van der Waals surface area (Å²) >= 11 is 0. The molecule has 1 heterocycles. The molecule has 0 amide bonds. The fourth-order valence-corrected chi connectivity index (χ4v) is 2.47. The quantitative estimate of drug-likeness (QED) is 0.865. The summed E-state index contributed by atoms with van der Waals surface area (Å²) in [5.74, 6) is -1.01. The summed E-state index contributed by atoms with van der Waals surface area (Å²) in [6.07, 6.45) is 0.614. The van der Waals surface area contributed by atoms with Crippen LogP contribution < -0.4 is 0 Å². The van der Waals surface area contributed by atoms with Gasteiger partial charge in [0.15, 0.2) is 0 Å². The lowest BCUT2D eigenvalue weighted by Crippen LogP contribution is -2.47. The molecule has 1 aromatic rings. The van der Waals surface area contributed by atoms with Crippen molar-refractivity contribution in [2.75, 3.05) is 39.8 Å².